The quantitative estimate of drug-likeness (QED) is 0.488. The standard InChI is InChI=1S/C19H20ClN7O3/c1-24-17-16(18(29)25(2)19(24)30)26(11-22-17)7-3-4-15(28)21-8-13-10-27-9-12(20)5-6-14(27)23-13/h5-6,9-11H,3-4,7-8H2,1-2H3,(H,21,28). The van der Waals surface area contributed by atoms with Crippen LogP contribution in [0.1, 0.15) is 18.5 Å². The molecule has 0 fully saturated rings. The van der Waals surface area contributed by atoms with Gasteiger partial charge >= 0.3 is 5.69 Å². The van der Waals surface area contributed by atoms with Gasteiger partial charge in [0.2, 0.25) is 5.91 Å². The van der Waals surface area contributed by atoms with Gasteiger partial charge in [0.05, 0.1) is 23.6 Å². The van der Waals surface area contributed by atoms with Crippen molar-refractivity contribution in [2.24, 2.45) is 14.1 Å². The number of imidazole rings is 2. The van der Waals surface area contributed by atoms with Crippen LogP contribution in [0.4, 0.5) is 0 Å². The lowest BCUT2D eigenvalue weighted by molar-refractivity contribution is -0.121. The number of pyridine rings is 1. The average Bonchev–Trinajstić information content (AvgIpc) is 3.32. The highest BCUT2D eigenvalue weighted by atomic mass is 35.5. The van der Waals surface area contributed by atoms with Crippen LogP contribution in [0.5, 0.6) is 0 Å². The first kappa shape index (κ1) is 19.9. The predicted octanol–water partition coefficient (Wildman–Crippen LogP) is 0.831. The summed E-state index contributed by atoms with van der Waals surface area (Å²) in [7, 11) is 3.00. The molecule has 0 spiro atoms. The van der Waals surface area contributed by atoms with Gasteiger partial charge in [-0.15, -0.1) is 0 Å². The van der Waals surface area contributed by atoms with Gasteiger partial charge in [0, 0.05) is 39.5 Å². The van der Waals surface area contributed by atoms with Crippen molar-refractivity contribution in [2.45, 2.75) is 25.9 Å². The maximum atomic E-state index is 12.4. The number of aromatic nitrogens is 6. The Morgan fingerprint density at radius 2 is 1.97 bits per heavy atom. The van der Waals surface area contributed by atoms with E-state index in [0.29, 0.717) is 35.7 Å². The molecule has 0 saturated heterocycles. The Balaban J connectivity index is 1.36. The lowest BCUT2D eigenvalue weighted by atomic mass is 10.3. The molecule has 4 aromatic heterocycles. The molecule has 156 valence electrons. The summed E-state index contributed by atoms with van der Waals surface area (Å²) in [6, 6.07) is 3.57. The van der Waals surface area contributed by atoms with Gasteiger partial charge in [-0.25, -0.2) is 14.8 Å². The van der Waals surface area contributed by atoms with Crippen LogP contribution in [-0.2, 0) is 32.0 Å². The minimum atomic E-state index is -0.425. The van der Waals surface area contributed by atoms with Gasteiger partial charge in [-0.1, -0.05) is 11.6 Å². The number of nitrogens with zero attached hydrogens (tertiary/aromatic N) is 6. The van der Waals surface area contributed by atoms with E-state index in [1.165, 1.54) is 17.9 Å². The van der Waals surface area contributed by atoms with E-state index in [1.807, 2.05) is 16.7 Å². The van der Waals surface area contributed by atoms with Crippen LogP contribution in [0.2, 0.25) is 5.02 Å². The number of aryl methyl sites for hydroxylation is 2. The topological polar surface area (TPSA) is 108 Å². The second kappa shape index (κ2) is 7.79. The van der Waals surface area contributed by atoms with Crippen molar-refractivity contribution < 1.29 is 4.79 Å². The zero-order valence-corrected chi connectivity index (χ0v) is 17.3. The molecule has 4 heterocycles. The summed E-state index contributed by atoms with van der Waals surface area (Å²) >= 11 is 5.96. The summed E-state index contributed by atoms with van der Waals surface area (Å²) < 4.78 is 5.87. The average molecular weight is 430 g/mol. The summed E-state index contributed by atoms with van der Waals surface area (Å²) in [5.74, 6) is -0.116. The third-order valence-electron chi connectivity index (χ3n) is 4.95. The Morgan fingerprint density at radius 3 is 2.77 bits per heavy atom. The summed E-state index contributed by atoms with van der Waals surface area (Å²) in [5.41, 5.74) is 1.35. The summed E-state index contributed by atoms with van der Waals surface area (Å²) in [6.07, 6.45) is 5.89. The van der Waals surface area contributed by atoms with E-state index in [-0.39, 0.29) is 12.3 Å². The first-order chi connectivity index (χ1) is 14.3. The van der Waals surface area contributed by atoms with E-state index in [9.17, 15) is 14.4 Å². The van der Waals surface area contributed by atoms with Crippen LogP contribution in [-0.4, -0.2) is 34.0 Å². The maximum Gasteiger partial charge on any atom is 0.332 e. The van der Waals surface area contributed by atoms with E-state index in [2.05, 4.69) is 15.3 Å². The molecule has 1 N–H and O–H groups in total. The van der Waals surface area contributed by atoms with Gasteiger partial charge in [-0.2, -0.15) is 0 Å². The number of rotatable bonds is 6. The molecule has 4 rings (SSSR count). The van der Waals surface area contributed by atoms with Gasteiger partial charge in [-0.3, -0.25) is 18.7 Å². The number of carbonyl (C=O) groups excluding carboxylic acids is 1. The molecule has 0 aliphatic carbocycles. The third kappa shape index (κ3) is 3.61. The molecular weight excluding hydrogens is 410 g/mol. The van der Waals surface area contributed by atoms with Crippen molar-refractivity contribution in [1.29, 1.82) is 0 Å². The Morgan fingerprint density at radius 1 is 1.17 bits per heavy atom. The number of carbonyl (C=O) groups is 1. The fourth-order valence-corrected chi connectivity index (χ4v) is 3.52. The van der Waals surface area contributed by atoms with E-state index in [4.69, 9.17) is 11.6 Å². The number of nitrogens with one attached hydrogen (secondary N) is 1. The number of hydrogen-bond donors (Lipinski definition) is 1. The lowest BCUT2D eigenvalue weighted by Crippen LogP contribution is -2.37. The molecule has 10 nitrogen and oxygen atoms in total. The highest BCUT2D eigenvalue weighted by Gasteiger charge is 2.14. The van der Waals surface area contributed by atoms with E-state index in [1.54, 1.807) is 23.9 Å². The Kier molecular flexibility index (Phi) is 5.17. The lowest BCUT2D eigenvalue weighted by Gasteiger charge is -2.07. The van der Waals surface area contributed by atoms with Crippen molar-refractivity contribution in [2.75, 3.05) is 0 Å². The largest absolute Gasteiger partial charge is 0.350 e. The molecular formula is C19H20ClN7O3. The highest BCUT2D eigenvalue weighted by molar-refractivity contribution is 6.30. The number of halogens is 1. The Bertz CT molecular complexity index is 1380. The van der Waals surface area contributed by atoms with Crippen molar-refractivity contribution in [1.82, 2.24) is 33.4 Å². The van der Waals surface area contributed by atoms with Gasteiger partial charge in [-0.05, 0) is 18.6 Å². The summed E-state index contributed by atoms with van der Waals surface area (Å²) in [6.45, 7) is 0.749. The van der Waals surface area contributed by atoms with Crippen molar-refractivity contribution >= 4 is 34.3 Å². The van der Waals surface area contributed by atoms with Crippen LogP contribution in [0.25, 0.3) is 16.8 Å². The molecule has 0 unspecified atom stereocenters. The molecule has 0 aromatic carbocycles. The van der Waals surface area contributed by atoms with Crippen LogP contribution in [0.3, 0.4) is 0 Å². The monoisotopic (exact) mass is 429 g/mol. The van der Waals surface area contributed by atoms with E-state index >= 15 is 0 Å². The van der Waals surface area contributed by atoms with E-state index in [0.717, 1.165) is 15.9 Å². The predicted molar refractivity (Wildman–Crippen MR) is 111 cm³/mol. The van der Waals surface area contributed by atoms with Crippen LogP contribution in [0.15, 0.2) is 40.4 Å². The molecule has 0 aliphatic heterocycles. The number of amides is 1. The minimum absolute atomic E-state index is 0.116. The van der Waals surface area contributed by atoms with Crippen LogP contribution >= 0.6 is 11.6 Å². The second-order valence-corrected chi connectivity index (χ2v) is 7.48. The molecule has 0 aliphatic rings. The molecule has 11 heteroatoms. The molecule has 0 radical (unpaired) electrons. The normalized spacial score (nSPS) is 11.4. The van der Waals surface area contributed by atoms with Gasteiger partial charge < -0.3 is 14.3 Å². The van der Waals surface area contributed by atoms with Gasteiger partial charge in [0.15, 0.2) is 11.2 Å². The van der Waals surface area contributed by atoms with Gasteiger partial charge in [0.1, 0.15) is 5.65 Å². The van der Waals surface area contributed by atoms with Crippen molar-refractivity contribution in [3.8, 4) is 0 Å². The molecule has 0 bridgehead atoms. The first-order valence-corrected chi connectivity index (χ1v) is 9.73. The highest BCUT2D eigenvalue weighted by Crippen LogP contribution is 2.12. The molecule has 0 saturated carbocycles. The molecule has 1 amide bonds. The fourth-order valence-electron chi connectivity index (χ4n) is 3.36. The van der Waals surface area contributed by atoms with Crippen LogP contribution in [0, 0.1) is 0 Å². The summed E-state index contributed by atoms with van der Waals surface area (Å²) in [5, 5.41) is 3.45. The Hall–Kier alpha value is -3.40. The fraction of sp³-hybridized carbons (Fsp3) is 0.316. The molecule has 0 atom stereocenters. The summed E-state index contributed by atoms with van der Waals surface area (Å²) in [4.78, 5) is 45.2. The molecule has 4 aromatic rings. The number of hydrogen-bond acceptors (Lipinski definition) is 5. The van der Waals surface area contributed by atoms with E-state index < -0.39 is 11.2 Å². The third-order valence-corrected chi connectivity index (χ3v) is 5.18. The van der Waals surface area contributed by atoms with Crippen molar-refractivity contribution in [3.63, 3.8) is 0 Å². The zero-order valence-electron chi connectivity index (χ0n) is 16.5. The minimum Gasteiger partial charge on any atom is -0.350 e. The van der Waals surface area contributed by atoms with Gasteiger partial charge in [0.25, 0.3) is 5.56 Å². The smallest absolute Gasteiger partial charge is 0.332 e. The zero-order chi connectivity index (χ0) is 21.4. The maximum absolute atomic E-state index is 12.4. The number of fused-ring (bicyclic) bond motifs is 2. The first-order valence-electron chi connectivity index (χ1n) is 9.36. The van der Waals surface area contributed by atoms with Crippen molar-refractivity contribution in [3.05, 3.63) is 62.4 Å². The molecule has 30 heavy (non-hydrogen) atoms. The SMILES string of the molecule is Cn1c(=O)c2c(ncn2CCCC(=O)NCc2cn3cc(Cl)ccc3n2)n(C)c1=O. The second-order valence-electron chi connectivity index (χ2n) is 7.04. The van der Waals surface area contributed by atoms with Crippen LogP contribution < -0.4 is 16.6 Å². The Labute approximate surface area is 175 Å².